The molecule has 0 atom stereocenters. The van der Waals surface area contributed by atoms with Gasteiger partial charge in [-0.1, -0.05) is 12.1 Å². The van der Waals surface area contributed by atoms with Crippen LogP contribution in [0.15, 0.2) is 29.3 Å². The molecule has 25 heavy (non-hydrogen) atoms. The molecule has 1 aromatic carbocycles. The van der Waals surface area contributed by atoms with Crippen molar-refractivity contribution in [3.8, 4) is 0 Å². The third-order valence-corrected chi connectivity index (χ3v) is 5.22. The second kappa shape index (κ2) is 7.85. The number of rotatable bonds is 5. The van der Waals surface area contributed by atoms with E-state index in [1.165, 1.54) is 12.5 Å². The highest BCUT2D eigenvalue weighted by atomic mass is 19.1. The summed E-state index contributed by atoms with van der Waals surface area (Å²) in [6.45, 7) is 2.66. The number of piperidine rings is 1. The van der Waals surface area contributed by atoms with Crippen LogP contribution in [0.1, 0.15) is 37.7 Å². The number of carbonyl (C=O) groups excluding carboxylic acids is 1. The van der Waals surface area contributed by atoms with Crippen LogP contribution in [0, 0.1) is 5.82 Å². The summed E-state index contributed by atoms with van der Waals surface area (Å²) in [4.78, 5) is 18.3. The number of nitrogens with zero attached hydrogens (tertiary/aromatic N) is 2. The van der Waals surface area contributed by atoms with Crippen LogP contribution in [0.3, 0.4) is 0 Å². The highest BCUT2D eigenvalue weighted by Gasteiger charge is 2.44. The lowest BCUT2D eigenvalue weighted by Crippen LogP contribution is -2.47. The minimum Gasteiger partial charge on any atom is -0.356 e. The Balaban J connectivity index is 1.49. The molecule has 6 heteroatoms. The molecule has 1 heterocycles. The topological polar surface area (TPSA) is 56.7 Å². The van der Waals surface area contributed by atoms with Crippen LogP contribution in [-0.2, 0) is 10.2 Å². The summed E-state index contributed by atoms with van der Waals surface area (Å²) < 4.78 is 13.5. The standard InChI is InChI=1S/C19H27FN4O/c1-21-18(22-13-17(25)24-10-3-2-4-11-24)23-14-19(8-9-19)15-6-5-7-16(20)12-15/h5-7,12H,2-4,8-11,13-14H2,1H3,(H2,21,22,23). The van der Waals surface area contributed by atoms with E-state index in [9.17, 15) is 9.18 Å². The van der Waals surface area contributed by atoms with Gasteiger partial charge in [-0.25, -0.2) is 4.39 Å². The molecule has 1 aliphatic heterocycles. The Morgan fingerprint density at radius 3 is 2.64 bits per heavy atom. The molecule has 1 saturated heterocycles. The molecular formula is C19H27FN4O. The van der Waals surface area contributed by atoms with Gasteiger partial charge in [0.15, 0.2) is 5.96 Å². The summed E-state index contributed by atoms with van der Waals surface area (Å²) in [6.07, 6.45) is 5.46. The maximum Gasteiger partial charge on any atom is 0.241 e. The molecule has 2 aliphatic rings. The number of hydrogen-bond donors (Lipinski definition) is 2. The van der Waals surface area contributed by atoms with Crippen molar-refractivity contribution in [2.45, 2.75) is 37.5 Å². The Kier molecular flexibility index (Phi) is 5.56. The maximum atomic E-state index is 13.5. The van der Waals surface area contributed by atoms with Crippen LogP contribution in [-0.4, -0.2) is 50.0 Å². The summed E-state index contributed by atoms with van der Waals surface area (Å²) in [7, 11) is 1.70. The number of nitrogens with one attached hydrogen (secondary N) is 2. The van der Waals surface area contributed by atoms with Gasteiger partial charge in [-0.2, -0.15) is 0 Å². The van der Waals surface area contributed by atoms with Crippen LogP contribution >= 0.6 is 0 Å². The van der Waals surface area contributed by atoms with Crippen molar-refractivity contribution in [3.05, 3.63) is 35.6 Å². The van der Waals surface area contributed by atoms with Crippen molar-refractivity contribution in [1.82, 2.24) is 15.5 Å². The first-order chi connectivity index (χ1) is 12.1. The summed E-state index contributed by atoms with van der Waals surface area (Å²) in [5, 5.41) is 6.40. The number of likely N-dealkylation sites (tertiary alicyclic amines) is 1. The van der Waals surface area contributed by atoms with E-state index >= 15 is 0 Å². The summed E-state index contributed by atoms with van der Waals surface area (Å²) in [5.74, 6) is 0.542. The Morgan fingerprint density at radius 1 is 1.24 bits per heavy atom. The van der Waals surface area contributed by atoms with E-state index in [-0.39, 0.29) is 23.7 Å². The quantitative estimate of drug-likeness (QED) is 0.634. The van der Waals surface area contributed by atoms with E-state index in [0.29, 0.717) is 12.5 Å². The van der Waals surface area contributed by atoms with E-state index in [1.54, 1.807) is 19.2 Å². The fourth-order valence-corrected chi connectivity index (χ4v) is 3.42. The van der Waals surface area contributed by atoms with Crippen LogP contribution in [0.4, 0.5) is 4.39 Å². The smallest absolute Gasteiger partial charge is 0.241 e. The Hall–Kier alpha value is -2.11. The predicted octanol–water partition coefficient (Wildman–Crippen LogP) is 2.03. The average molecular weight is 346 g/mol. The number of aliphatic imine (C=N–C) groups is 1. The van der Waals surface area contributed by atoms with Gasteiger partial charge in [-0.3, -0.25) is 9.79 Å². The van der Waals surface area contributed by atoms with Crippen LogP contribution in [0.25, 0.3) is 0 Å². The number of benzene rings is 1. The van der Waals surface area contributed by atoms with Crippen molar-refractivity contribution in [2.24, 2.45) is 4.99 Å². The zero-order chi connectivity index (χ0) is 17.7. The molecule has 0 aromatic heterocycles. The second-order valence-electron chi connectivity index (χ2n) is 7.01. The molecule has 0 radical (unpaired) electrons. The number of hydrogen-bond acceptors (Lipinski definition) is 2. The molecule has 1 aromatic rings. The molecule has 1 saturated carbocycles. The largest absolute Gasteiger partial charge is 0.356 e. The van der Waals surface area contributed by atoms with Crippen molar-refractivity contribution in [3.63, 3.8) is 0 Å². The van der Waals surface area contributed by atoms with Crippen LogP contribution in [0.5, 0.6) is 0 Å². The molecule has 5 nitrogen and oxygen atoms in total. The van der Waals surface area contributed by atoms with Gasteiger partial charge in [0.05, 0.1) is 6.54 Å². The molecule has 0 spiro atoms. The van der Waals surface area contributed by atoms with E-state index < -0.39 is 0 Å². The summed E-state index contributed by atoms with van der Waals surface area (Å²) >= 11 is 0. The molecule has 1 amide bonds. The van der Waals surface area contributed by atoms with Crippen LogP contribution in [0.2, 0.25) is 0 Å². The molecule has 0 bridgehead atoms. The molecule has 3 rings (SSSR count). The molecule has 1 aliphatic carbocycles. The highest BCUT2D eigenvalue weighted by molar-refractivity contribution is 5.86. The molecule has 2 N–H and O–H groups in total. The highest BCUT2D eigenvalue weighted by Crippen LogP contribution is 2.47. The fraction of sp³-hybridized carbons (Fsp3) is 0.579. The van der Waals surface area contributed by atoms with E-state index in [4.69, 9.17) is 0 Å². The van der Waals surface area contributed by atoms with Gasteiger partial charge in [-0.15, -0.1) is 0 Å². The maximum absolute atomic E-state index is 13.5. The first kappa shape index (κ1) is 17.7. The predicted molar refractivity (Wildman–Crippen MR) is 97.1 cm³/mol. The number of amides is 1. The third-order valence-electron chi connectivity index (χ3n) is 5.22. The number of halogens is 1. The SMILES string of the molecule is CN=C(NCC(=O)N1CCCCC1)NCC1(c2cccc(F)c2)CC1. The van der Waals surface area contributed by atoms with Gasteiger partial charge in [0.1, 0.15) is 5.82 Å². The van der Waals surface area contributed by atoms with Crippen LogP contribution < -0.4 is 10.6 Å². The first-order valence-electron chi connectivity index (χ1n) is 9.11. The first-order valence-corrected chi connectivity index (χ1v) is 9.11. The number of guanidine groups is 1. The zero-order valence-electron chi connectivity index (χ0n) is 14.9. The van der Waals surface area contributed by atoms with Gasteiger partial charge < -0.3 is 15.5 Å². The van der Waals surface area contributed by atoms with Crippen molar-refractivity contribution in [1.29, 1.82) is 0 Å². The van der Waals surface area contributed by atoms with E-state index in [0.717, 1.165) is 44.3 Å². The normalized spacial score (nSPS) is 19.4. The number of carbonyl (C=O) groups is 1. The van der Waals surface area contributed by atoms with E-state index in [1.807, 2.05) is 11.0 Å². The lowest BCUT2D eigenvalue weighted by Gasteiger charge is -2.27. The molecule has 2 fully saturated rings. The van der Waals surface area contributed by atoms with Crippen molar-refractivity contribution >= 4 is 11.9 Å². The van der Waals surface area contributed by atoms with E-state index in [2.05, 4.69) is 15.6 Å². The fourth-order valence-electron chi connectivity index (χ4n) is 3.42. The average Bonchev–Trinajstić information content (AvgIpc) is 3.43. The summed E-state index contributed by atoms with van der Waals surface area (Å²) in [6, 6.07) is 6.83. The van der Waals surface area contributed by atoms with Gasteiger partial charge in [0.25, 0.3) is 0 Å². The van der Waals surface area contributed by atoms with Gasteiger partial charge in [0, 0.05) is 32.1 Å². The van der Waals surface area contributed by atoms with Crippen molar-refractivity contribution < 1.29 is 9.18 Å². The lowest BCUT2D eigenvalue weighted by molar-refractivity contribution is -0.130. The molecule has 136 valence electrons. The van der Waals surface area contributed by atoms with Gasteiger partial charge in [0.2, 0.25) is 5.91 Å². The zero-order valence-corrected chi connectivity index (χ0v) is 14.9. The molecular weight excluding hydrogens is 319 g/mol. The lowest BCUT2D eigenvalue weighted by atomic mass is 9.96. The third kappa shape index (κ3) is 4.50. The minimum atomic E-state index is -0.196. The Bertz CT molecular complexity index is 636. The van der Waals surface area contributed by atoms with Gasteiger partial charge in [-0.05, 0) is 49.8 Å². The monoisotopic (exact) mass is 346 g/mol. The Morgan fingerprint density at radius 2 is 2.00 bits per heavy atom. The summed E-state index contributed by atoms with van der Waals surface area (Å²) in [5.41, 5.74) is 1.01. The molecule has 0 unspecified atom stereocenters. The Labute approximate surface area is 148 Å². The second-order valence-corrected chi connectivity index (χ2v) is 7.01. The van der Waals surface area contributed by atoms with Crippen molar-refractivity contribution in [2.75, 3.05) is 33.2 Å². The minimum absolute atomic E-state index is 0.0173. The van der Waals surface area contributed by atoms with Gasteiger partial charge >= 0.3 is 0 Å².